The highest BCUT2D eigenvalue weighted by Crippen LogP contribution is 2.31. The SMILES string of the molecule is O=S(=O)(N[C@H]1CC[C@@H](O)CC1)c1ccc(-c2ncc(Cl)cc2Cl)c(F)c1. The Morgan fingerprint density at radius 3 is 2.46 bits per heavy atom. The van der Waals surface area contributed by atoms with Gasteiger partial charge in [-0.25, -0.2) is 17.5 Å². The predicted molar refractivity (Wildman–Crippen MR) is 98.2 cm³/mol. The third kappa shape index (κ3) is 4.35. The van der Waals surface area contributed by atoms with Gasteiger partial charge in [0.15, 0.2) is 0 Å². The van der Waals surface area contributed by atoms with Crippen LogP contribution in [0.4, 0.5) is 4.39 Å². The van der Waals surface area contributed by atoms with Crippen molar-refractivity contribution in [3.05, 3.63) is 46.3 Å². The van der Waals surface area contributed by atoms with Crippen LogP contribution >= 0.6 is 23.2 Å². The van der Waals surface area contributed by atoms with Gasteiger partial charge in [-0.1, -0.05) is 23.2 Å². The normalized spacial score (nSPS) is 20.9. The predicted octanol–water partition coefficient (Wildman–Crippen LogP) is 3.78. The smallest absolute Gasteiger partial charge is 0.240 e. The van der Waals surface area contributed by atoms with E-state index in [9.17, 15) is 17.9 Å². The fourth-order valence-corrected chi connectivity index (χ4v) is 4.75. The molecule has 0 spiro atoms. The van der Waals surface area contributed by atoms with E-state index in [1.54, 1.807) is 0 Å². The van der Waals surface area contributed by atoms with E-state index in [0.29, 0.717) is 30.7 Å². The number of hydrogen-bond acceptors (Lipinski definition) is 4. The van der Waals surface area contributed by atoms with Crippen molar-refractivity contribution >= 4 is 33.2 Å². The van der Waals surface area contributed by atoms with Gasteiger partial charge in [0.05, 0.1) is 26.7 Å². The average Bonchev–Trinajstić information content (AvgIpc) is 2.57. The summed E-state index contributed by atoms with van der Waals surface area (Å²) in [5.41, 5.74) is 0.276. The minimum Gasteiger partial charge on any atom is -0.393 e. The number of halogens is 3. The molecule has 2 aromatic rings. The first-order valence-electron chi connectivity index (χ1n) is 8.07. The van der Waals surface area contributed by atoms with Crippen LogP contribution in [0.5, 0.6) is 0 Å². The topological polar surface area (TPSA) is 79.3 Å². The molecule has 1 aromatic heterocycles. The van der Waals surface area contributed by atoms with Crippen molar-refractivity contribution < 1.29 is 17.9 Å². The van der Waals surface area contributed by atoms with Gasteiger partial charge >= 0.3 is 0 Å². The summed E-state index contributed by atoms with van der Waals surface area (Å²) in [5, 5.41) is 10.00. The number of hydrogen-bond donors (Lipinski definition) is 2. The number of pyridine rings is 1. The molecule has 1 aromatic carbocycles. The molecule has 0 aliphatic heterocycles. The second-order valence-electron chi connectivity index (χ2n) is 6.25. The Morgan fingerprint density at radius 1 is 1.15 bits per heavy atom. The number of aliphatic hydroxyl groups excluding tert-OH is 1. The summed E-state index contributed by atoms with van der Waals surface area (Å²) < 4.78 is 42.1. The van der Waals surface area contributed by atoms with Crippen LogP contribution in [0.2, 0.25) is 10.0 Å². The molecule has 0 bridgehead atoms. The van der Waals surface area contributed by atoms with Gasteiger partial charge < -0.3 is 5.11 Å². The standard InChI is InChI=1S/C17H17Cl2FN2O3S/c18-10-7-15(19)17(21-9-10)14-6-5-13(8-16(14)20)26(24,25)22-11-1-3-12(23)4-2-11/h5-9,11-12,22-23H,1-4H2/t11-,12+. The second-order valence-corrected chi connectivity index (χ2v) is 8.81. The molecular formula is C17H17Cl2FN2O3S. The molecule has 1 aliphatic carbocycles. The molecule has 0 atom stereocenters. The quantitative estimate of drug-likeness (QED) is 0.791. The Kier molecular flexibility index (Phi) is 5.84. The summed E-state index contributed by atoms with van der Waals surface area (Å²) in [6, 6.07) is 4.76. The Bertz CT molecular complexity index is 916. The van der Waals surface area contributed by atoms with E-state index in [0.717, 1.165) is 6.07 Å². The summed E-state index contributed by atoms with van der Waals surface area (Å²) in [5.74, 6) is -0.747. The van der Waals surface area contributed by atoms with Crippen LogP contribution in [0.15, 0.2) is 35.4 Å². The molecule has 0 radical (unpaired) electrons. The summed E-state index contributed by atoms with van der Waals surface area (Å²) in [6.45, 7) is 0. The largest absolute Gasteiger partial charge is 0.393 e. The van der Waals surface area contributed by atoms with E-state index >= 15 is 0 Å². The van der Waals surface area contributed by atoms with E-state index < -0.39 is 15.8 Å². The summed E-state index contributed by atoms with van der Waals surface area (Å²) in [4.78, 5) is 3.84. The van der Waals surface area contributed by atoms with Gasteiger partial charge in [0.25, 0.3) is 0 Å². The molecule has 1 heterocycles. The Hall–Kier alpha value is -1.25. The Labute approximate surface area is 161 Å². The zero-order chi connectivity index (χ0) is 18.9. The van der Waals surface area contributed by atoms with Gasteiger partial charge in [-0.15, -0.1) is 0 Å². The maximum atomic E-state index is 14.5. The molecule has 1 fully saturated rings. The highest BCUT2D eigenvalue weighted by Gasteiger charge is 2.25. The number of benzene rings is 1. The molecule has 1 aliphatic rings. The zero-order valence-electron chi connectivity index (χ0n) is 13.6. The lowest BCUT2D eigenvalue weighted by Crippen LogP contribution is -2.38. The molecule has 3 rings (SSSR count). The summed E-state index contributed by atoms with van der Waals surface area (Å²) in [6.07, 6.45) is 3.13. The molecule has 2 N–H and O–H groups in total. The zero-order valence-corrected chi connectivity index (χ0v) is 16.0. The lowest BCUT2D eigenvalue weighted by atomic mass is 9.94. The molecule has 0 amide bonds. The first-order chi connectivity index (χ1) is 12.3. The number of sulfonamides is 1. The van der Waals surface area contributed by atoms with Crippen LogP contribution in [0, 0.1) is 5.82 Å². The molecule has 140 valence electrons. The average molecular weight is 419 g/mol. The number of aliphatic hydroxyl groups is 1. The number of nitrogens with zero attached hydrogens (tertiary/aromatic N) is 1. The number of aromatic nitrogens is 1. The molecule has 5 nitrogen and oxygen atoms in total. The minimum absolute atomic E-state index is 0.0893. The summed E-state index contributed by atoms with van der Waals surface area (Å²) in [7, 11) is -3.86. The van der Waals surface area contributed by atoms with Crippen molar-refractivity contribution in [3.63, 3.8) is 0 Å². The van der Waals surface area contributed by atoms with Crippen molar-refractivity contribution in [3.8, 4) is 11.3 Å². The lowest BCUT2D eigenvalue weighted by molar-refractivity contribution is 0.120. The molecule has 1 saturated carbocycles. The fraction of sp³-hybridized carbons (Fsp3) is 0.353. The first kappa shape index (κ1) is 19.5. The maximum absolute atomic E-state index is 14.5. The van der Waals surface area contributed by atoms with Gasteiger partial charge in [0.2, 0.25) is 10.0 Å². The fourth-order valence-electron chi connectivity index (χ4n) is 2.95. The van der Waals surface area contributed by atoms with Crippen LogP contribution in [-0.2, 0) is 10.0 Å². The van der Waals surface area contributed by atoms with E-state index in [4.69, 9.17) is 23.2 Å². The Balaban J connectivity index is 1.84. The van der Waals surface area contributed by atoms with Crippen LogP contribution in [0.3, 0.4) is 0 Å². The first-order valence-corrected chi connectivity index (χ1v) is 10.3. The monoisotopic (exact) mass is 418 g/mol. The molecule has 9 heteroatoms. The lowest BCUT2D eigenvalue weighted by Gasteiger charge is -2.26. The molecular weight excluding hydrogens is 402 g/mol. The van der Waals surface area contributed by atoms with Gasteiger partial charge in [0.1, 0.15) is 5.82 Å². The third-order valence-corrected chi connectivity index (χ3v) is 6.35. The van der Waals surface area contributed by atoms with Crippen LogP contribution in [-0.4, -0.2) is 30.7 Å². The van der Waals surface area contributed by atoms with Crippen molar-refractivity contribution in [1.29, 1.82) is 0 Å². The van der Waals surface area contributed by atoms with Crippen LogP contribution < -0.4 is 4.72 Å². The molecule has 0 saturated heterocycles. The number of nitrogens with one attached hydrogen (secondary N) is 1. The third-order valence-electron chi connectivity index (χ3n) is 4.33. The van der Waals surface area contributed by atoms with E-state index in [1.165, 1.54) is 24.4 Å². The van der Waals surface area contributed by atoms with Gasteiger partial charge in [-0.2, -0.15) is 0 Å². The minimum atomic E-state index is -3.86. The van der Waals surface area contributed by atoms with Crippen molar-refractivity contribution in [2.24, 2.45) is 0 Å². The summed E-state index contributed by atoms with van der Waals surface area (Å²) >= 11 is 11.8. The number of rotatable bonds is 4. The van der Waals surface area contributed by atoms with Crippen molar-refractivity contribution in [1.82, 2.24) is 9.71 Å². The Morgan fingerprint density at radius 2 is 1.85 bits per heavy atom. The van der Waals surface area contributed by atoms with E-state index in [1.807, 2.05) is 0 Å². The second kappa shape index (κ2) is 7.78. The molecule has 0 unspecified atom stereocenters. The van der Waals surface area contributed by atoms with Gasteiger partial charge in [-0.3, -0.25) is 4.98 Å². The van der Waals surface area contributed by atoms with Crippen LogP contribution in [0.25, 0.3) is 11.3 Å². The molecule has 26 heavy (non-hydrogen) atoms. The highest BCUT2D eigenvalue weighted by atomic mass is 35.5. The van der Waals surface area contributed by atoms with Gasteiger partial charge in [-0.05, 0) is 49.9 Å². The van der Waals surface area contributed by atoms with Gasteiger partial charge in [0, 0.05) is 17.8 Å². The van der Waals surface area contributed by atoms with E-state index in [2.05, 4.69) is 9.71 Å². The van der Waals surface area contributed by atoms with Crippen molar-refractivity contribution in [2.75, 3.05) is 0 Å². The maximum Gasteiger partial charge on any atom is 0.240 e. The van der Waals surface area contributed by atoms with Crippen LogP contribution in [0.1, 0.15) is 25.7 Å². The van der Waals surface area contributed by atoms with Crippen molar-refractivity contribution in [2.45, 2.75) is 42.7 Å². The highest BCUT2D eigenvalue weighted by molar-refractivity contribution is 7.89. The van der Waals surface area contributed by atoms with E-state index in [-0.39, 0.29) is 33.3 Å².